The monoisotopic (exact) mass is 222 g/mol. The van der Waals surface area contributed by atoms with E-state index in [2.05, 4.69) is 14.9 Å². The third kappa shape index (κ3) is 2.48. The SMILES string of the molecule is Cc1nccc(N2CCOC(C(C)N)C2)n1. The molecule has 2 rings (SSSR count). The maximum Gasteiger partial charge on any atom is 0.132 e. The highest BCUT2D eigenvalue weighted by atomic mass is 16.5. The minimum Gasteiger partial charge on any atom is -0.373 e. The summed E-state index contributed by atoms with van der Waals surface area (Å²) in [5.41, 5.74) is 5.85. The van der Waals surface area contributed by atoms with Crippen molar-refractivity contribution in [3.05, 3.63) is 18.1 Å². The molecule has 1 aliphatic rings. The molecule has 0 amide bonds. The molecule has 2 N–H and O–H groups in total. The number of ether oxygens (including phenoxy) is 1. The Morgan fingerprint density at radius 1 is 1.62 bits per heavy atom. The predicted molar refractivity (Wildman–Crippen MR) is 62.4 cm³/mol. The zero-order valence-corrected chi connectivity index (χ0v) is 9.76. The van der Waals surface area contributed by atoms with Gasteiger partial charge in [-0.3, -0.25) is 0 Å². The fraction of sp³-hybridized carbons (Fsp3) is 0.636. The van der Waals surface area contributed by atoms with Gasteiger partial charge in [-0.25, -0.2) is 9.97 Å². The van der Waals surface area contributed by atoms with Crippen LogP contribution in [-0.2, 0) is 4.74 Å². The van der Waals surface area contributed by atoms with Gasteiger partial charge in [-0.2, -0.15) is 0 Å². The second-order valence-corrected chi connectivity index (χ2v) is 4.18. The number of nitrogens with two attached hydrogens (primary N) is 1. The number of hydrogen-bond acceptors (Lipinski definition) is 5. The van der Waals surface area contributed by atoms with Gasteiger partial charge in [-0.1, -0.05) is 0 Å². The van der Waals surface area contributed by atoms with Gasteiger partial charge in [0, 0.05) is 25.3 Å². The maximum absolute atomic E-state index is 5.85. The van der Waals surface area contributed by atoms with Gasteiger partial charge in [0.1, 0.15) is 11.6 Å². The highest BCUT2D eigenvalue weighted by Crippen LogP contribution is 2.15. The van der Waals surface area contributed by atoms with E-state index in [0.717, 1.165) is 24.7 Å². The van der Waals surface area contributed by atoms with E-state index in [1.54, 1.807) is 6.20 Å². The van der Waals surface area contributed by atoms with E-state index in [4.69, 9.17) is 10.5 Å². The fourth-order valence-corrected chi connectivity index (χ4v) is 1.82. The molecule has 5 heteroatoms. The quantitative estimate of drug-likeness (QED) is 0.781. The summed E-state index contributed by atoms with van der Waals surface area (Å²) in [6.07, 6.45) is 1.87. The van der Waals surface area contributed by atoms with Crippen molar-refractivity contribution >= 4 is 5.82 Å². The lowest BCUT2D eigenvalue weighted by atomic mass is 10.1. The molecule has 16 heavy (non-hydrogen) atoms. The molecule has 1 aromatic heterocycles. The standard InChI is InChI=1S/C11H18N4O/c1-8(12)10-7-15(5-6-16-10)11-3-4-13-9(2)14-11/h3-4,8,10H,5-7,12H2,1-2H3. The highest BCUT2D eigenvalue weighted by molar-refractivity contribution is 5.38. The van der Waals surface area contributed by atoms with Crippen LogP contribution in [-0.4, -0.2) is 41.8 Å². The molecule has 0 radical (unpaired) electrons. The van der Waals surface area contributed by atoms with Crippen molar-refractivity contribution in [2.24, 2.45) is 5.73 Å². The van der Waals surface area contributed by atoms with Crippen molar-refractivity contribution in [2.45, 2.75) is 26.0 Å². The van der Waals surface area contributed by atoms with Gasteiger partial charge in [0.15, 0.2) is 0 Å². The van der Waals surface area contributed by atoms with Gasteiger partial charge in [0.2, 0.25) is 0 Å². The Bertz CT molecular complexity index is 356. The molecule has 2 atom stereocenters. The maximum atomic E-state index is 5.85. The Hall–Kier alpha value is -1.20. The smallest absolute Gasteiger partial charge is 0.132 e. The molecule has 1 aliphatic heterocycles. The van der Waals surface area contributed by atoms with Crippen LogP contribution in [0.2, 0.25) is 0 Å². The van der Waals surface area contributed by atoms with Crippen molar-refractivity contribution in [1.29, 1.82) is 0 Å². The fourth-order valence-electron chi connectivity index (χ4n) is 1.82. The number of hydrogen-bond donors (Lipinski definition) is 1. The second kappa shape index (κ2) is 4.76. The van der Waals surface area contributed by atoms with E-state index in [1.807, 2.05) is 19.9 Å². The van der Waals surface area contributed by atoms with E-state index >= 15 is 0 Å². The summed E-state index contributed by atoms with van der Waals surface area (Å²) in [6.45, 7) is 6.23. The predicted octanol–water partition coefficient (Wildman–Crippen LogP) is 0.337. The van der Waals surface area contributed by atoms with E-state index in [-0.39, 0.29) is 12.1 Å². The largest absolute Gasteiger partial charge is 0.373 e. The first-order chi connectivity index (χ1) is 7.66. The van der Waals surface area contributed by atoms with Crippen molar-refractivity contribution in [2.75, 3.05) is 24.6 Å². The first-order valence-corrected chi connectivity index (χ1v) is 5.58. The summed E-state index contributed by atoms with van der Waals surface area (Å²) in [5.74, 6) is 1.75. The molecule has 0 aliphatic carbocycles. The molecule has 0 saturated carbocycles. The second-order valence-electron chi connectivity index (χ2n) is 4.18. The first-order valence-electron chi connectivity index (χ1n) is 5.58. The third-order valence-corrected chi connectivity index (χ3v) is 2.77. The van der Waals surface area contributed by atoms with Crippen LogP contribution >= 0.6 is 0 Å². The molecule has 0 bridgehead atoms. The highest BCUT2D eigenvalue weighted by Gasteiger charge is 2.24. The summed E-state index contributed by atoms with van der Waals surface area (Å²) >= 11 is 0. The summed E-state index contributed by atoms with van der Waals surface area (Å²) < 4.78 is 5.61. The van der Waals surface area contributed by atoms with Crippen molar-refractivity contribution in [1.82, 2.24) is 9.97 Å². The van der Waals surface area contributed by atoms with E-state index in [9.17, 15) is 0 Å². The Balaban J connectivity index is 2.09. The van der Waals surface area contributed by atoms with Crippen LogP contribution in [0.1, 0.15) is 12.7 Å². The molecule has 2 heterocycles. The van der Waals surface area contributed by atoms with Gasteiger partial charge < -0.3 is 15.4 Å². The molecule has 0 spiro atoms. The summed E-state index contributed by atoms with van der Waals surface area (Å²) in [7, 11) is 0. The molecule has 1 fully saturated rings. The number of anilines is 1. The molecular formula is C11H18N4O. The Morgan fingerprint density at radius 2 is 2.44 bits per heavy atom. The summed E-state index contributed by atoms with van der Waals surface area (Å²) in [6, 6.07) is 1.97. The molecule has 0 aromatic carbocycles. The van der Waals surface area contributed by atoms with Crippen LogP contribution in [0.5, 0.6) is 0 Å². The number of nitrogens with zero attached hydrogens (tertiary/aromatic N) is 3. The van der Waals surface area contributed by atoms with Crippen molar-refractivity contribution in [3.63, 3.8) is 0 Å². The van der Waals surface area contributed by atoms with Gasteiger partial charge in [-0.05, 0) is 19.9 Å². The van der Waals surface area contributed by atoms with Crippen LogP contribution in [0, 0.1) is 6.92 Å². The Kier molecular flexibility index (Phi) is 3.36. The lowest BCUT2D eigenvalue weighted by Crippen LogP contribution is -2.49. The van der Waals surface area contributed by atoms with Gasteiger partial charge in [0.05, 0.1) is 12.7 Å². The van der Waals surface area contributed by atoms with Crippen molar-refractivity contribution in [3.8, 4) is 0 Å². The van der Waals surface area contributed by atoms with Crippen LogP contribution in [0.25, 0.3) is 0 Å². The number of rotatable bonds is 2. The lowest BCUT2D eigenvalue weighted by molar-refractivity contribution is 0.0273. The van der Waals surface area contributed by atoms with E-state index in [0.29, 0.717) is 6.61 Å². The van der Waals surface area contributed by atoms with Crippen LogP contribution in [0.4, 0.5) is 5.82 Å². The lowest BCUT2D eigenvalue weighted by Gasteiger charge is -2.35. The molecule has 1 aromatic rings. The minimum atomic E-state index is 0.0470. The van der Waals surface area contributed by atoms with E-state index in [1.165, 1.54) is 0 Å². The minimum absolute atomic E-state index is 0.0470. The molecule has 88 valence electrons. The van der Waals surface area contributed by atoms with Crippen LogP contribution < -0.4 is 10.6 Å². The summed E-state index contributed by atoms with van der Waals surface area (Å²) in [5, 5.41) is 0. The number of aromatic nitrogens is 2. The molecular weight excluding hydrogens is 204 g/mol. The zero-order chi connectivity index (χ0) is 11.5. The number of aryl methyl sites for hydroxylation is 1. The molecule has 5 nitrogen and oxygen atoms in total. The number of morpholine rings is 1. The first kappa shape index (κ1) is 11.3. The van der Waals surface area contributed by atoms with Crippen LogP contribution in [0.15, 0.2) is 12.3 Å². The van der Waals surface area contributed by atoms with Crippen LogP contribution in [0.3, 0.4) is 0 Å². The zero-order valence-electron chi connectivity index (χ0n) is 9.76. The van der Waals surface area contributed by atoms with Crippen molar-refractivity contribution < 1.29 is 4.74 Å². The van der Waals surface area contributed by atoms with Gasteiger partial charge in [0.25, 0.3) is 0 Å². The summed E-state index contributed by atoms with van der Waals surface area (Å²) in [4.78, 5) is 10.7. The van der Waals surface area contributed by atoms with E-state index < -0.39 is 0 Å². The topological polar surface area (TPSA) is 64.3 Å². The van der Waals surface area contributed by atoms with Gasteiger partial charge >= 0.3 is 0 Å². The normalized spacial score (nSPS) is 23.2. The van der Waals surface area contributed by atoms with Gasteiger partial charge in [-0.15, -0.1) is 0 Å². The molecule has 1 saturated heterocycles. The average molecular weight is 222 g/mol. The Morgan fingerprint density at radius 3 is 3.12 bits per heavy atom. The Labute approximate surface area is 95.6 Å². The molecule has 2 unspecified atom stereocenters. The third-order valence-electron chi connectivity index (χ3n) is 2.77. The average Bonchev–Trinajstić information content (AvgIpc) is 2.29.